The summed E-state index contributed by atoms with van der Waals surface area (Å²) in [5.74, 6) is 0. The summed E-state index contributed by atoms with van der Waals surface area (Å²) in [5.41, 5.74) is 0. The molecule has 0 bridgehead atoms. The molecule has 0 saturated heterocycles. The van der Waals surface area contributed by atoms with E-state index in [4.69, 9.17) is 4.89 Å². The lowest BCUT2D eigenvalue weighted by molar-refractivity contribution is 0.100. The number of hydrogen-bond acceptors (Lipinski definition) is 4. The van der Waals surface area contributed by atoms with Crippen LogP contribution in [0.4, 0.5) is 0 Å². The van der Waals surface area contributed by atoms with Crippen molar-refractivity contribution < 1.29 is 23.5 Å². The summed E-state index contributed by atoms with van der Waals surface area (Å²) in [6, 6.07) is 0. The van der Waals surface area contributed by atoms with Crippen molar-refractivity contribution in [3.63, 3.8) is 0 Å². The Balaban J connectivity index is 2.93. The molecule has 1 N–H and O–H groups in total. The Labute approximate surface area is 46.2 Å². The predicted molar refractivity (Wildman–Crippen MR) is 24.0 cm³/mol. The first-order chi connectivity index (χ1) is 3.77. The highest BCUT2D eigenvalue weighted by atomic mass is 31.1. The van der Waals surface area contributed by atoms with Crippen molar-refractivity contribution in [2.24, 2.45) is 0 Å². The molecule has 6 heteroatoms. The first-order valence-electron chi connectivity index (χ1n) is 1.62. The van der Waals surface area contributed by atoms with E-state index < -0.39 is 15.0 Å². The zero-order chi connectivity index (χ0) is 6.41. The molecule has 0 rings (SSSR count). The summed E-state index contributed by atoms with van der Waals surface area (Å²) in [6.45, 7) is 0.498. The van der Waals surface area contributed by atoms with Crippen LogP contribution in [-0.2, 0) is 18.6 Å². The highest BCUT2D eigenvalue weighted by molar-refractivity contribution is 7.32. The van der Waals surface area contributed by atoms with Gasteiger partial charge in [-0.25, -0.2) is 4.79 Å². The Kier molecular flexibility index (Phi) is 4.54. The average molecular weight is 139 g/mol. The van der Waals surface area contributed by atoms with E-state index in [0.29, 0.717) is 0 Å². The molecular formula is C2H4O5P. The molecule has 1 atom stereocenters. The van der Waals surface area contributed by atoms with Gasteiger partial charge in [-0.15, -0.1) is 0 Å². The normalized spacial score (nSPS) is 12.6. The van der Waals surface area contributed by atoms with Crippen molar-refractivity contribution in [3.05, 3.63) is 0 Å². The molecule has 5 nitrogen and oxygen atoms in total. The van der Waals surface area contributed by atoms with Crippen LogP contribution in [0.15, 0.2) is 0 Å². The summed E-state index contributed by atoms with van der Waals surface area (Å²) < 4.78 is 17.3. The van der Waals surface area contributed by atoms with E-state index in [-0.39, 0.29) is 0 Å². The first-order valence-corrected chi connectivity index (χ1v) is 2.88. The van der Waals surface area contributed by atoms with Gasteiger partial charge >= 0.3 is 14.7 Å². The standard InChI is InChI=1S/C2H4O5P/c3-1-6-2-7-8(4)5/h8H,2H2,(H,4,5). The fourth-order valence-electron chi connectivity index (χ4n) is 0.104. The van der Waals surface area contributed by atoms with E-state index in [1.807, 2.05) is 0 Å². The van der Waals surface area contributed by atoms with Crippen LogP contribution in [0.5, 0.6) is 0 Å². The van der Waals surface area contributed by atoms with Gasteiger partial charge in [0.05, 0.1) is 0 Å². The van der Waals surface area contributed by atoms with Crippen molar-refractivity contribution in [1.29, 1.82) is 0 Å². The van der Waals surface area contributed by atoms with Crippen LogP contribution in [0.25, 0.3) is 0 Å². The topological polar surface area (TPSA) is 72.8 Å². The van der Waals surface area contributed by atoms with Gasteiger partial charge in [0.1, 0.15) is 0 Å². The van der Waals surface area contributed by atoms with Gasteiger partial charge in [-0.3, -0.25) is 9.09 Å². The molecule has 0 heterocycles. The van der Waals surface area contributed by atoms with Crippen molar-refractivity contribution in [2.75, 3.05) is 6.79 Å². The Morgan fingerprint density at radius 1 is 1.75 bits per heavy atom. The highest BCUT2D eigenvalue weighted by Gasteiger charge is 1.88. The maximum atomic E-state index is 9.63. The van der Waals surface area contributed by atoms with Crippen molar-refractivity contribution >= 4 is 14.7 Å². The summed E-state index contributed by atoms with van der Waals surface area (Å²) in [7, 11) is -2.96. The number of rotatable bonds is 4. The van der Waals surface area contributed by atoms with Crippen molar-refractivity contribution in [2.45, 2.75) is 0 Å². The largest absolute Gasteiger partial charge is 0.430 e. The fraction of sp³-hybridized carbons (Fsp3) is 0.500. The number of carbonyl (C=O) groups excluding carboxylic acids is 1. The molecule has 0 aliphatic heterocycles. The number of hydrogen-bond donors (Lipinski definition) is 1. The van der Waals surface area contributed by atoms with Crippen molar-refractivity contribution in [3.8, 4) is 0 Å². The van der Waals surface area contributed by atoms with Gasteiger partial charge in [-0.05, 0) is 0 Å². The summed E-state index contributed by atoms with van der Waals surface area (Å²) in [5, 5.41) is 0. The maximum Gasteiger partial charge on any atom is 0.419 e. The van der Waals surface area contributed by atoms with E-state index in [1.165, 1.54) is 0 Å². The molecule has 0 spiro atoms. The van der Waals surface area contributed by atoms with Gasteiger partial charge in [0.2, 0.25) is 6.79 Å². The molecule has 0 fully saturated rings. The molecule has 47 valence electrons. The smallest absolute Gasteiger partial charge is 0.419 e. The molecule has 1 radical (unpaired) electrons. The van der Waals surface area contributed by atoms with Crippen LogP contribution >= 0.6 is 8.25 Å². The molecule has 0 aromatic carbocycles. The van der Waals surface area contributed by atoms with Gasteiger partial charge in [0, 0.05) is 0 Å². The van der Waals surface area contributed by atoms with Crippen LogP contribution in [0.2, 0.25) is 0 Å². The van der Waals surface area contributed by atoms with E-state index in [0.717, 1.165) is 6.47 Å². The SMILES string of the molecule is O=[C]OCO[PH](=O)O. The lowest BCUT2D eigenvalue weighted by Gasteiger charge is -1.92. The van der Waals surface area contributed by atoms with Crippen LogP contribution in [-0.4, -0.2) is 18.2 Å². The molecule has 0 aliphatic rings. The second-order valence-electron chi connectivity index (χ2n) is 0.756. The third-order valence-electron chi connectivity index (χ3n) is 0.300. The summed E-state index contributed by atoms with van der Waals surface area (Å²) >= 11 is 0. The van der Waals surface area contributed by atoms with E-state index in [9.17, 15) is 9.36 Å². The van der Waals surface area contributed by atoms with E-state index >= 15 is 0 Å². The van der Waals surface area contributed by atoms with Crippen LogP contribution in [0, 0.1) is 0 Å². The minimum Gasteiger partial charge on any atom is -0.430 e. The minimum atomic E-state index is -2.96. The molecular weight excluding hydrogens is 135 g/mol. The Morgan fingerprint density at radius 3 is 2.75 bits per heavy atom. The van der Waals surface area contributed by atoms with Crippen LogP contribution in [0.1, 0.15) is 0 Å². The molecule has 8 heavy (non-hydrogen) atoms. The predicted octanol–water partition coefficient (Wildman–Crippen LogP) is -0.574. The van der Waals surface area contributed by atoms with Gasteiger partial charge < -0.3 is 9.63 Å². The number of ether oxygens (including phenoxy) is 1. The lowest BCUT2D eigenvalue weighted by Crippen LogP contribution is -1.90. The van der Waals surface area contributed by atoms with Crippen molar-refractivity contribution in [1.82, 2.24) is 0 Å². The van der Waals surface area contributed by atoms with Crippen LogP contribution in [0.3, 0.4) is 0 Å². The van der Waals surface area contributed by atoms with Gasteiger partial charge in [0.25, 0.3) is 0 Å². The molecule has 1 unspecified atom stereocenters. The third-order valence-corrected chi connectivity index (χ3v) is 0.665. The average Bonchev–Trinajstić information content (AvgIpc) is 1.66. The maximum absolute atomic E-state index is 9.63. The van der Waals surface area contributed by atoms with Crippen LogP contribution < -0.4 is 0 Å². The Hall–Kier alpha value is -0.380. The molecule has 0 amide bonds. The fourth-order valence-corrected chi connectivity index (χ4v) is 0.264. The molecule has 0 aliphatic carbocycles. The van der Waals surface area contributed by atoms with Gasteiger partial charge in [0.15, 0.2) is 0 Å². The van der Waals surface area contributed by atoms with E-state index in [1.54, 1.807) is 0 Å². The Bertz CT molecular complexity index is 90.4. The lowest BCUT2D eigenvalue weighted by atomic mass is 11.4. The summed E-state index contributed by atoms with van der Waals surface area (Å²) in [6.07, 6.45) is 0. The van der Waals surface area contributed by atoms with Gasteiger partial charge in [-0.1, -0.05) is 0 Å². The monoisotopic (exact) mass is 139 g/mol. The third kappa shape index (κ3) is 5.62. The second-order valence-corrected chi connectivity index (χ2v) is 1.58. The minimum absolute atomic E-state index is 0.516. The first kappa shape index (κ1) is 7.62. The quantitative estimate of drug-likeness (QED) is 0.320. The summed E-state index contributed by atoms with van der Waals surface area (Å²) in [4.78, 5) is 17.1. The zero-order valence-electron chi connectivity index (χ0n) is 3.79. The molecule has 0 aromatic heterocycles. The molecule has 0 aromatic rings. The highest BCUT2D eigenvalue weighted by Crippen LogP contribution is 2.12. The van der Waals surface area contributed by atoms with E-state index in [2.05, 4.69) is 9.26 Å². The van der Waals surface area contributed by atoms with Gasteiger partial charge in [-0.2, -0.15) is 0 Å². The molecule has 0 saturated carbocycles. The Morgan fingerprint density at radius 2 is 2.38 bits per heavy atom. The zero-order valence-corrected chi connectivity index (χ0v) is 4.79. The second kappa shape index (κ2) is 4.77.